The van der Waals surface area contributed by atoms with Crippen LogP contribution < -0.4 is 0 Å². The van der Waals surface area contributed by atoms with Gasteiger partial charge in [0.25, 0.3) is 0 Å². The highest BCUT2D eigenvalue weighted by molar-refractivity contribution is 7.99. The van der Waals surface area contributed by atoms with Gasteiger partial charge in [0.05, 0.1) is 5.75 Å². The lowest BCUT2D eigenvalue weighted by molar-refractivity contribution is 0.426. The smallest absolute Gasteiger partial charge is 0.212 e. The fraction of sp³-hybridized carbons (Fsp3) is 0.333. The van der Waals surface area contributed by atoms with Crippen molar-refractivity contribution in [2.75, 3.05) is 18.8 Å². The highest BCUT2D eigenvalue weighted by Crippen LogP contribution is 2.36. The third-order valence-electron chi connectivity index (χ3n) is 4.21. The van der Waals surface area contributed by atoms with Crippen molar-refractivity contribution in [3.8, 4) is 0 Å². The summed E-state index contributed by atoms with van der Waals surface area (Å²) in [6.45, 7) is 0.855. The van der Waals surface area contributed by atoms with Crippen LogP contribution in [0.15, 0.2) is 48.5 Å². The van der Waals surface area contributed by atoms with Crippen LogP contribution in [0.2, 0.25) is 5.02 Å². The number of benzene rings is 2. The summed E-state index contributed by atoms with van der Waals surface area (Å²) >= 11 is 7.46. The molecule has 3 rings (SSSR count). The van der Waals surface area contributed by atoms with Gasteiger partial charge in [0.1, 0.15) is 5.82 Å². The minimum Gasteiger partial charge on any atom is -0.212 e. The molecule has 1 saturated heterocycles. The first-order chi connectivity index (χ1) is 12.0. The molecule has 1 aliphatic rings. The molecule has 25 heavy (non-hydrogen) atoms. The van der Waals surface area contributed by atoms with Crippen molar-refractivity contribution in [2.24, 2.45) is 0 Å². The van der Waals surface area contributed by atoms with Crippen molar-refractivity contribution in [3.63, 3.8) is 0 Å². The Kier molecular flexibility index (Phi) is 6.04. The molecule has 1 atom stereocenters. The van der Waals surface area contributed by atoms with Gasteiger partial charge in [-0.1, -0.05) is 41.9 Å². The number of hydrogen-bond donors (Lipinski definition) is 0. The molecule has 7 heteroatoms. The maximum Gasteiger partial charge on any atom is 0.218 e. The summed E-state index contributed by atoms with van der Waals surface area (Å²) in [4.78, 5) is 0. The lowest BCUT2D eigenvalue weighted by Gasteiger charge is -2.20. The first-order valence-electron chi connectivity index (χ1n) is 8.04. The molecule has 3 nitrogen and oxygen atoms in total. The number of halogens is 2. The standard InChI is InChI=1S/C18H19ClFNO2S2/c19-15-7-5-14(6-8-15)13-25(22,23)21-10-9-18(24-12-11-21)16-3-1-2-4-17(16)20/h1-8,18H,9-13H2/t18-/m1/s1. The Morgan fingerprint density at radius 3 is 2.56 bits per heavy atom. The van der Waals surface area contributed by atoms with E-state index in [0.29, 0.717) is 41.4 Å². The molecule has 0 bridgehead atoms. The first kappa shape index (κ1) is 18.7. The fourth-order valence-corrected chi connectivity index (χ4v) is 5.94. The predicted molar refractivity (Wildman–Crippen MR) is 102 cm³/mol. The topological polar surface area (TPSA) is 37.4 Å². The van der Waals surface area contributed by atoms with E-state index in [4.69, 9.17) is 11.6 Å². The summed E-state index contributed by atoms with van der Waals surface area (Å²) in [6, 6.07) is 13.6. The van der Waals surface area contributed by atoms with Gasteiger partial charge in [0.2, 0.25) is 10.0 Å². The van der Waals surface area contributed by atoms with E-state index in [1.807, 2.05) is 6.07 Å². The summed E-state index contributed by atoms with van der Waals surface area (Å²) in [5.41, 5.74) is 1.37. The number of sulfonamides is 1. The van der Waals surface area contributed by atoms with Crippen molar-refractivity contribution in [2.45, 2.75) is 17.4 Å². The molecule has 0 unspecified atom stereocenters. The van der Waals surface area contributed by atoms with E-state index in [1.165, 1.54) is 10.4 Å². The molecular weight excluding hydrogens is 381 g/mol. The van der Waals surface area contributed by atoms with E-state index in [-0.39, 0.29) is 16.8 Å². The molecule has 0 radical (unpaired) electrons. The minimum absolute atomic E-state index is 0.0167. The summed E-state index contributed by atoms with van der Waals surface area (Å²) in [5, 5.41) is 0.567. The van der Waals surface area contributed by atoms with Crippen molar-refractivity contribution in [3.05, 3.63) is 70.5 Å². The van der Waals surface area contributed by atoms with Gasteiger partial charge in [-0.2, -0.15) is 11.8 Å². The predicted octanol–water partition coefficient (Wildman–Crippen LogP) is 4.49. The molecule has 0 amide bonds. The molecule has 1 aliphatic heterocycles. The molecule has 0 spiro atoms. The van der Waals surface area contributed by atoms with Gasteiger partial charge in [-0.15, -0.1) is 0 Å². The van der Waals surface area contributed by atoms with E-state index in [2.05, 4.69) is 0 Å². The second kappa shape index (κ2) is 8.08. The maximum absolute atomic E-state index is 14.0. The van der Waals surface area contributed by atoms with Crippen LogP contribution in [-0.2, 0) is 15.8 Å². The van der Waals surface area contributed by atoms with Crippen LogP contribution in [0.4, 0.5) is 4.39 Å². The van der Waals surface area contributed by atoms with Crippen molar-refractivity contribution < 1.29 is 12.8 Å². The van der Waals surface area contributed by atoms with Crippen LogP contribution in [0.1, 0.15) is 22.8 Å². The zero-order valence-electron chi connectivity index (χ0n) is 13.6. The Bertz CT molecular complexity index is 827. The molecule has 0 saturated carbocycles. The lowest BCUT2D eigenvalue weighted by Crippen LogP contribution is -2.34. The third-order valence-corrected chi connectivity index (χ3v) is 7.62. The van der Waals surface area contributed by atoms with Gasteiger partial charge < -0.3 is 0 Å². The zero-order chi connectivity index (χ0) is 17.9. The van der Waals surface area contributed by atoms with Crippen LogP contribution in [0, 0.1) is 5.82 Å². The Labute approximate surface area is 157 Å². The number of nitrogens with zero attached hydrogens (tertiary/aromatic N) is 1. The summed E-state index contributed by atoms with van der Waals surface area (Å²) in [5.74, 6) is 0.385. The Morgan fingerprint density at radius 1 is 1.12 bits per heavy atom. The number of rotatable bonds is 4. The van der Waals surface area contributed by atoms with Gasteiger partial charge >= 0.3 is 0 Å². The van der Waals surface area contributed by atoms with E-state index < -0.39 is 10.0 Å². The van der Waals surface area contributed by atoms with E-state index >= 15 is 0 Å². The SMILES string of the molecule is O=S(=O)(Cc1ccc(Cl)cc1)N1CCS[C@@H](c2ccccc2F)CC1. The molecule has 0 aromatic heterocycles. The monoisotopic (exact) mass is 399 g/mol. The second-order valence-corrected chi connectivity index (χ2v) is 9.67. The molecule has 0 aliphatic carbocycles. The normalized spacial score (nSPS) is 19.5. The van der Waals surface area contributed by atoms with Gasteiger partial charge in [-0.05, 0) is 30.2 Å². The number of thioether (sulfide) groups is 1. The summed E-state index contributed by atoms with van der Waals surface area (Å²) in [7, 11) is -3.41. The largest absolute Gasteiger partial charge is 0.218 e. The maximum atomic E-state index is 14.0. The average Bonchev–Trinajstić information content (AvgIpc) is 2.84. The zero-order valence-corrected chi connectivity index (χ0v) is 16.0. The summed E-state index contributed by atoms with van der Waals surface area (Å²) in [6.07, 6.45) is 0.603. The van der Waals surface area contributed by atoms with Gasteiger partial charge in [0.15, 0.2) is 0 Å². The Hall–Kier alpha value is -1.08. The number of hydrogen-bond acceptors (Lipinski definition) is 3. The molecule has 2 aromatic carbocycles. The molecule has 0 N–H and O–H groups in total. The average molecular weight is 400 g/mol. The van der Waals surface area contributed by atoms with Crippen LogP contribution in [0.25, 0.3) is 0 Å². The highest BCUT2D eigenvalue weighted by Gasteiger charge is 2.28. The molecular formula is C18H19ClFNO2S2. The molecule has 1 heterocycles. The van der Waals surface area contributed by atoms with E-state index in [0.717, 1.165) is 0 Å². The molecule has 1 fully saturated rings. The Balaban J connectivity index is 1.69. The van der Waals surface area contributed by atoms with Gasteiger partial charge in [0, 0.05) is 34.7 Å². The minimum atomic E-state index is -3.41. The van der Waals surface area contributed by atoms with Gasteiger partial charge in [-0.3, -0.25) is 0 Å². The summed E-state index contributed by atoms with van der Waals surface area (Å²) < 4.78 is 41.0. The van der Waals surface area contributed by atoms with Gasteiger partial charge in [-0.25, -0.2) is 17.1 Å². The van der Waals surface area contributed by atoms with Crippen LogP contribution in [0.3, 0.4) is 0 Å². The molecule has 2 aromatic rings. The quantitative estimate of drug-likeness (QED) is 0.760. The van der Waals surface area contributed by atoms with E-state index in [9.17, 15) is 12.8 Å². The lowest BCUT2D eigenvalue weighted by atomic mass is 10.1. The van der Waals surface area contributed by atoms with Crippen molar-refractivity contribution >= 4 is 33.4 Å². The molecule has 134 valence electrons. The second-order valence-electron chi connectivity index (χ2n) is 5.95. The van der Waals surface area contributed by atoms with Crippen LogP contribution >= 0.6 is 23.4 Å². The van der Waals surface area contributed by atoms with Crippen molar-refractivity contribution in [1.29, 1.82) is 0 Å². The van der Waals surface area contributed by atoms with Crippen LogP contribution in [0.5, 0.6) is 0 Å². The van der Waals surface area contributed by atoms with Crippen molar-refractivity contribution in [1.82, 2.24) is 4.31 Å². The highest BCUT2D eigenvalue weighted by atomic mass is 35.5. The van der Waals surface area contributed by atoms with E-state index in [1.54, 1.807) is 48.2 Å². The fourth-order valence-electron chi connectivity index (χ4n) is 2.90. The Morgan fingerprint density at radius 2 is 1.84 bits per heavy atom. The first-order valence-corrected chi connectivity index (χ1v) is 11.1. The van der Waals surface area contributed by atoms with Crippen LogP contribution in [-0.4, -0.2) is 31.6 Å². The third kappa shape index (κ3) is 4.76.